The predicted octanol–water partition coefficient (Wildman–Crippen LogP) is 0.572. The molecule has 0 aliphatic heterocycles. The van der Waals surface area contributed by atoms with Crippen molar-refractivity contribution in [3.8, 4) is 0 Å². The fraction of sp³-hybridized carbons (Fsp3) is 0.846. The first-order valence-corrected chi connectivity index (χ1v) is 6.72. The normalized spacial score (nSPS) is 12.4. The maximum absolute atomic E-state index is 11.7. The molecule has 0 heterocycles. The summed E-state index contributed by atoms with van der Waals surface area (Å²) < 4.78 is 4.85. The predicted molar refractivity (Wildman–Crippen MR) is 73.0 cm³/mol. The summed E-state index contributed by atoms with van der Waals surface area (Å²) in [6, 6.07) is 0. The molecule has 1 unspecified atom stereocenters. The van der Waals surface area contributed by atoms with Gasteiger partial charge in [0, 0.05) is 20.2 Å². The maximum Gasteiger partial charge on any atom is 0.307 e. The molecule has 112 valence electrons. The second-order valence-corrected chi connectivity index (χ2v) is 4.67. The van der Waals surface area contributed by atoms with Crippen molar-refractivity contribution < 1.29 is 19.4 Å². The number of carboxylic acids is 1. The van der Waals surface area contributed by atoms with Crippen molar-refractivity contribution in [2.24, 2.45) is 5.92 Å². The number of nitrogens with one attached hydrogen (secondary N) is 1. The number of aliphatic carboxylic acids is 1. The second kappa shape index (κ2) is 10.8. The molecular formula is C13H26N2O4. The molecule has 6 heteroatoms. The topological polar surface area (TPSA) is 78.9 Å². The van der Waals surface area contributed by atoms with E-state index in [0.717, 1.165) is 19.4 Å². The van der Waals surface area contributed by atoms with Crippen LogP contribution in [0.15, 0.2) is 0 Å². The molecule has 0 aromatic rings. The molecule has 1 amide bonds. The fourth-order valence-electron chi connectivity index (χ4n) is 1.63. The lowest BCUT2D eigenvalue weighted by Crippen LogP contribution is -2.41. The average Bonchev–Trinajstić information content (AvgIpc) is 2.36. The highest BCUT2D eigenvalue weighted by Gasteiger charge is 2.17. The monoisotopic (exact) mass is 274 g/mol. The molecule has 2 N–H and O–H groups in total. The van der Waals surface area contributed by atoms with Crippen LogP contribution in [0.4, 0.5) is 0 Å². The lowest BCUT2D eigenvalue weighted by Gasteiger charge is -2.23. The van der Waals surface area contributed by atoms with Crippen molar-refractivity contribution in [1.82, 2.24) is 10.2 Å². The highest BCUT2D eigenvalue weighted by molar-refractivity contribution is 5.78. The summed E-state index contributed by atoms with van der Waals surface area (Å²) in [5.74, 6) is -1.39. The molecule has 0 aromatic heterocycles. The van der Waals surface area contributed by atoms with Crippen LogP contribution in [0.1, 0.15) is 26.7 Å². The van der Waals surface area contributed by atoms with Crippen LogP contribution in [-0.2, 0) is 14.3 Å². The zero-order valence-corrected chi connectivity index (χ0v) is 12.1. The number of hydrogen-bond acceptors (Lipinski definition) is 4. The van der Waals surface area contributed by atoms with E-state index in [4.69, 9.17) is 9.84 Å². The molecule has 0 saturated heterocycles. The molecule has 0 saturated carbocycles. The minimum absolute atomic E-state index is 0.0919. The van der Waals surface area contributed by atoms with Crippen molar-refractivity contribution in [3.05, 3.63) is 0 Å². The number of hydrogen-bond donors (Lipinski definition) is 2. The van der Waals surface area contributed by atoms with Gasteiger partial charge in [-0.3, -0.25) is 14.5 Å². The number of carbonyl (C=O) groups excluding carboxylic acids is 1. The Morgan fingerprint density at radius 1 is 1.42 bits per heavy atom. The number of nitrogens with zero attached hydrogens (tertiary/aromatic N) is 1. The molecule has 0 fully saturated rings. The van der Waals surface area contributed by atoms with Gasteiger partial charge in [-0.05, 0) is 13.0 Å². The summed E-state index contributed by atoms with van der Waals surface area (Å²) in [6.45, 7) is 6.05. The second-order valence-electron chi connectivity index (χ2n) is 4.67. The van der Waals surface area contributed by atoms with Crippen LogP contribution < -0.4 is 5.32 Å². The fourth-order valence-corrected chi connectivity index (χ4v) is 1.63. The largest absolute Gasteiger partial charge is 0.481 e. The van der Waals surface area contributed by atoms with Crippen LogP contribution in [0.25, 0.3) is 0 Å². The van der Waals surface area contributed by atoms with Gasteiger partial charge in [0.25, 0.3) is 0 Å². The molecule has 6 nitrogen and oxygen atoms in total. The van der Waals surface area contributed by atoms with Crippen LogP contribution in [0.5, 0.6) is 0 Å². The summed E-state index contributed by atoms with van der Waals surface area (Å²) in [5.41, 5.74) is 0. The number of carboxylic acid groups (broad SMARTS) is 1. The minimum Gasteiger partial charge on any atom is -0.481 e. The summed E-state index contributed by atoms with van der Waals surface area (Å²) in [4.78, 5) is 24.4. The highest BCUT2D eigenvalue weighted by Crippen LogP contribution is 2.02. The van der Waals surface area contributed by atoms with Gasteiger partial charge in [0.1, 0.15) is 0 Å². The van der Waals surface area contributed by atoms with Gasteiger partial charge in [0.15, 0.2) is 0 Å². The molecule has 0 rings (SSSR count). The standard InChI is InChI=1S/C13H26N2O4/c1-4-5-7-15(9-11(2)13(17)18)10-12(16)14-6-8-19-3/h11H,4-10H2,1-3H3,(H,14,16)(H,17,18). The van der Waals surface area contributed by atoms with E-state index in [9.17, 15) is 9.59 Å². The number of amides is 1. The highest BCUT2D eigenvalue weighted by atomic mass is 16.5. The van der Waals surface area contributed by atoms with Gasteiger partial charge in [-0.25, -0.2) is 0 Å². The lowest BCUT2D eigenvalue weighted by molar-refractivity contribution is -0.142. The van der Waals surface area contributed by atoms with Crippen LogP contribution in [0.2, 0.25) is 0 Å². The number of rotatable bonds is 11. The third-order valence-electron chi connectivity index (χ3n) is 2.78. The molecule has 0 aliphatic rings. The zero-order chi connectivity index (χ0) is 14.7. The lowest BCUT2D eigenvalue weighted by atomic mass is 10.1. The first kappa shape index (κ1) is 17.9. The summed E-state index contributed by atoms with van der Waals surface area (Å²) in [6.07, 6.45) is 1.97. The number of ether oxygens (including phenoxy) is 1. The van der Waals surface area contributed by atoms with Crippen LogP contribution in [0.3, 0.4) is 0 Å². The van der Waals surface area contributed by atoms with Gasteiger partial charge in [-0.1, -0.05) is 20.3 Å². The Morgan fingerprint density at radius 2 is 2.11 bits per heavy atom. The summed E-state index contributed by atoms with van der Waals surface area (Å²) in [5, 5.41) is 11.7. The third-order valence-corrected chi connectivity index (χ3v) is 2.78. The molecule has 19 heavy (non-hydrogen) atoms. The van der Waals surface area contributed by atoms with E-state index in [1.807, 2.05) is 4.90 Å². The maximum atomic E-state index is 11.7. The SMILES string of the molecule is CCCCN(CC(=O)NCCOC)CC(C)C(=O)O. The molecule has 0 aromatic carbocycles. The van der Waals surface area contributed by atoms with Gasteiger partial charge in [-0.15, -0.1) is 0 Å². The van der Waals surface area contributed by atoms with E-state index in [1.165, 1.54) is 0 Å². The van der Waals surface area contributed by atoms with Gasteiger partial charge in [0.2, 0.25) is 5.91 Å². The average molecular weight is 274 g/mol. The third kappa shape index (κ3) is 9.44. The minimum atomic E-state index is -0.832. The van der Waals surface area contributed by atoms with Gasteiger partial charge < -0.3 is 15.2 Å². The van der Waals surface area contributed by atoms with E-state index >= 15 is 0 Å². The summed E-state index contributed by atoms with van der Waals surface area (Å²) in [7, 11) is 1.58. The van der Waals surface area contributed by atoms with Gasteiger partial charge >= 0.3 is 5.97 Å². The van der Waals surface area contributed by atoms with Gasteiger partial charge in [-0.2, -0.15) is 0 Å². The molecular weight excluding hydrogens is 248 g/mol. The first-order chi connectivity index (χ1) is 9.01. The van der Waals surface area contributed by atoms with Gasteiger partial charge in [0.05, 0.1) is 19.1 Å². The Balaban J connectivity index is 4.17. The first-order valence-electron chi connectivity index (χ1n) is 6.72. The Bertz CT molecular complexity index is 271. The quantitative estimate of drug-likeness (QED) is 0.539. The number of carbonyl (C=O) groups is 2. The molecule has 0 aliphatic carbocycles. The van der Waals surface area contributed by atoms with E-state index in [1.54, 1.807) is 14.0 Å². The smallest absolute Gasteiger partial charge is 0.307 e. The van der Waals surface area contributed by atoms with Crippen molar-refractivity contribution in [2.75, 3.05) is 39.9 Å². The number of methoxy groups -OCH3 is 1. The molecule has 1 atom stereocenters. The van der Waals surface area contributed by atoms with Crippen LogP contribution in [0, 0.1) is 5.92 Å². The van der Waals surface area contributed by atoms with Crippen LogP contribution in [-0.4, -0.2) is 61.8 Å². The van der Waals surface area contributed by atoms with Crippen molar-refractivity contribution in [2.45, 2.75) is 26.7 Å². The van der Waals surface area contributed by atoms with E-state index in [0.29, 0.717) is 19.7 Å². The Labute approximate surface area is 115 Å². The van der Waals surface area contributed by atoms with Crippen LogP contribution >= 0.6 is 0 Å². The summed E-state index contributed by atoms with van der Waals surface area (Å²) >= 11 is 0. The van der Waals surface area contributed by atoms with E-state index in [2.05, 4.69) is 12.2 Å². The Hall–Kier alpha value is -1.14. The Kier molecular flexibility index (Phi) is 10.1. The van der Waals surface area contributed by atoms with Crippen molar-refractivity contribution in [3.63, 3.8) is 0 Å². The van der Waals surface area contributed by atoms with E-state index in [-0.39, 0.29) is 12.5 Å². The zero-order valence-electron chi connectivity index (χ0n) is 12.1. The van der Waals surface area contributed by atoms with E-state index < -0.39 is 11.9 Å². The van der Waals surface area contributed by atoms with Crippen molar-refractivity contribution in [1.29, 1.82) is 0 Å². The van der Waals surface area contributed by atoms with Crippen molar-refractivity contribution >= 4 is 11.9 Å². The number of unbranched alkanes of at least 4 members (excludes halogenated alkanes) is 1. The molecule has 0 spiro atoms. The Morgan fingerprint density at radius 3 is 2.63 bits per heavy atom. The molecule has 0 radical (unpaired) electrons. The molecule has 0 bridgehead atoms.